The van der Waals surface area contributed by atoms with Gasteiger partial charge in [0.1, 0.15) is 6.04 Å². The van der Waals surface area contributed by atoms with Gasteiger partial charge in [-0.1, -0.05) is 25.4 Å². The van der Waals surface area contributed by atoms with E-state index in [-0.39, 0.29) is 28.9 Å². The van der Waals surface area contributed by atoms with E-state index in [1.54, 1.807) is 6.07 Å². The van der Waals surface area contributed by atoms with E-state index in [1.165, 1.54) is 19.2 Å². The lowest BCUT2D eigenvalue weighted by molar-refractivity contribution is -0.139. The van der Waals surface area contributed by atoms with Crippen LogP contribution in [0.2, 0.25) is 5.02 Å². The van der Waals surface area contributed by atoms with Gasteiger partial charge in [-0.3, -0.25) is 4.79 Å². The van der Waals surface area contributed by atoms with Crippen LogP contribution in [0.4, 0.5) is 0 Å². The lowest BCUT2D eigenvalue weighted by Crippen LogP contribution is -2.41. The Balaban J connectivity index is 3.09. The van der Waals surface area contributed by atoms with E-state index in [1.807, 2.05) is 13.8 Å². The Labute approximate surface area is 135 Å². The Morgan fingerprint density at radius 1 is 1.36 bits per heavy atom. The van der Waals surface area contributed by atoms with Gasteiger partial charge in [0.2, 0.25) is 10.0 Å². The Morgan fingerprint density at radius 2 is 2.00 bits per heavy atom. The summed E-state index contributed by atoms with van der Waals surface area (Å²) in [4.78, 5) is 11.1. The number of benzene rings is 1. The highest BCUT2D eigenvalue weighted by molar-refractivity contribution is 7.89. The van der Waals surface area contributed by atoms with Crippen LogP contribution in [0.25, 0.3) is 0 Å². The standard InChI is InChI=1S/C14H20ClNO5S/c1-9(2)4-13(14(17)18)16-22(19,20)12-6-10(8-21-3)5-11(15)7-12/h5-7,9,13,16H,4,8H2,1-3H3,(H,17,18). The molecule has 0 aromatic heterocycles. The molecule has 0 bridgehead atoms. The molecule has 8 heteroatoms. The van der Waals surface area contributed by atoms with Crippen LogP contribution >= 0.6 is 11.6 Å². The van der Waals surface area contributed by atoms with Gasteiger partial charge in [0.25, 0.3) is 0 Å². The van der Waals surface area contributed by atoms with Crippen LogP contribution in [0, 0.1) is 5.92 Å². The molecule has 0 heterocycles. The summed E-state index contributed by atoms with van der Waals surface area (Å²) in [6.07, 6.45) is 0.195. The molecule has 1 rings (SSSR count). The first-order chi connectivity index (χ1) is 10.2. The molecular weight excluding hydrogens is 330 g/mol. The van der Waals surface area contributed by atoms with Crippen molar-refractivity contribution < 1.29 is 23.1 Å². The zero-order valence-corrected chi connectivity index (χ0v) is 14.2. The molecule has 1 atom stereocenters. The topological polar surface area (TPSA) is 92.7 Å². The van der Waals surface area contributed by atoms with Crippen LogP contribution in [0.3, 0.4) is 0 Å². The largest absolute Gasteiger partial charge is 0.480 e. The third kappa shape index (κ3) is 5.57. The zero-order chi connectivity index (χ0) is 16.9. The van der Waals surface area contributed by atoms with Gasteiger partial charge in [-0.05, 0) is 36.1 Å². The predicted molar refractivity (Wildman–Crippen MR) is 83.4 cm³/mol. The number of carboxylic acids is 1. The number of ether oxygens (including phenoxy) is 1. The Hall–Kier alpha value is -1.15. The second-order valence-corrected chi connectivity index (χ2v) is 7.52. The number of nitrogens with one attached hydrogen (secondary N) is 1. The number of methoxy groups -OCH3 is 1. The second kappa shape index (κ2) is 7.92. The van der Waals surface area contributed by atoms with Crippen LogP contribution in [0.1, 0.15) is 25.8 Å². The molecule has 0 saturated heterocycles. The van der Waals surface area contributed by atoms with Crippen LogP contribution in [0.5, 0.6) is 0 Å². The first-order valence-corrected chi connectivity index (χ1v) is 8.55. The van der Waals surface area contributed by atoms with Crippen LogP contribution in [-0.4, -0.2) is 32.6 Å². The van der Waals surface area contributed by atoms with Crippen molar-refractivity contribution in [2.45, 2.75) is 37.8 Å². The van der Waals surface area contributed by atoms with E-state index in [9.17, 15) is 13.2 Å². The summed E-state index contributed by atoms with van der Waals surface area (Å²) in [5.74, 6) is -1.18. The fraction of sp³-hybridized carbons (Fsp3) is 0.500. The molecule has 1 aromatic rings. The molecular formula is C14H20ClNO5S. The SMILES string of the molecule is COCc1cc(Cl)cc(S(=O)(=O)NC(CC(C)C)C(=O)O)c1. The van der Waals surface area contributed by atoms with Crippen molar-refractivity contribution in [1.82, 2.24) is 4.72 Å². The zero-order valence-electron chi connectivity index (χ0n) is 12.7. The maximum atomic E-state index is 12.4. The molecule has 124 valence electrons. The quantitative estimate of drug-likeness (QED) is 0.751. The van der Waals surface area contributed by atoms with Crippen molar-refractivity contribution in [3.05, 3.63) is 28.8 Å². The number of aliphatic carboxylic acids is 1. The molecule has 0 aliphatic carbocycles. The van der Waals surface area contributed by atoms with Gasteiger partial charge >= 0.3 is 5.97 Å². The fourth-order valence-electron chi connectivity index (χ4n) is 1.95. The normalized spacial score (nSPS) is 13.3. The van der Waals surface area contributed by atoms with E-state index in [0.717, 1.165) is 0 Å². The van der Waals surface area contributed by atoms with Crippen LogP contribution < -0.4 is 4.72 Å². The number of rotatable bonds is 8. The Morgan fingerprint density at radius 3 is 2.50 bits per heavy atom. The maximum Gasteiger partial charge on any atom is 0.321 e. The molecule has 2 N–H and O–H groups in total. The van der Waals surface area contributed by atoms with Gasteiger partial charge in [-0.25, -0.2) is 8.42 Å². The van der Waals surface area contributed by atoms with Crippen molar-refractivity contribution >= 4 is 27.6 Å². The summed E-state index contributed by atoms with van der Waals surface area (Å²) in [6, 6.07) is 3.09. The molecule has 0 aliphatic heterocycles. The summed E-state index contributed by atoms with van der Waals surface area (Å²) in [5.41, 5.74) is 0.589. The Bertz CT molecular complexity index is 630. The average Bonchev–Trinajstić information content (AvgIpc) is 2.36. The van der Waals surface area contributed by atoms with Crippen molar-refractivity contribution in [3.8, 4) is 0 Å². The molecule has 0 amide bonds. The molecule has 1 unspecified atom stereocenters. The number of carbonyl (C=O) groups is 1. The number of carboxylic acid groups (broad SMARTS) is 1. The highest BCUT2D eigenvalue weighted by Crippen LogP contribution is 2.20. The van der Waals surface area contributed by atoms with Gasteiger partial charge in [-0.2, -0.15) is 4.72 Å². The van der Waals surface area contributed by atoms with Gasteiger partial charge in [0, 0.05) is 12.1 Å². The van der Waals surface area contributed by atoms with E-state index in [4.69, 9.17) is 21.4 Å². The smallest absolute Gasteiger partial charge is 0.321 e. The monoisotopic (exact) mass is 349 g/mol. The van der Waals surface area contributed by atoms with Gasteiger partial charge in [0.05, 0.1) is 11.5 Å². The van der Waals surface area contributed by atoms with Crippen LogP contribution in [0.15, 0.2) is 23.1 Å². The van der Waals surface area contributed by atoms with Gasteiger partial charge in [0.15, 0.2) is 0 Å². The summed E-state index contributed by atoms with van der Waals surface area (Å²) in [7, 11) is -2.50. The summed E-state index contributed by atoms with van der Waals surface area (Å²) >= 11 is 5.91. The molecule has 6 nitrogen and oxygen atoms in total. The van der Waals surface area contributed by atoms with Gasteiger partial charge in [-0.15, -0.1) is 0 Å². The maximum absolute atomic E-state index is 12.4. The lowest BCUT2D eigenvalue weighted by atomic mass is 10.1. The van der Waals surface area contributed by atoms with E-state index in [2.05, 4.69) is 4.72 Å². The minimum absolute atomic E-state index is 0.0345. The average molecular weight is 350 g/mol. The number of hydrogen-bond acceptors (Lipinski definition) is 4. The van der Waals surface area contributed by atoms with E-state index < -0.39 is 22.0 Å². The highest BCUT2D eigenvalue weighted by atomic mass is 35.5. The lowest BCUT2D eigenvalue weighted by Gasteiger charge is -2.17. The van der Waals surface area contributed by atoms with Crippen molar-refractivity contribution in [1.29, 1.82) is 0 Å². The van der Waals surface area contributed by atoms with Crippen molar-refractivity contribution in [2.75, 3.05) is 7.11 Å². The molecule has 0 fully saturated rings. The molecule has 0 saturated carbocycles. The van der Waals surface area contributed by atoms with E-state index >= 15 is 0 Å². The highest BCUT2D eigenvalue weighted by Gasteiger charge is 2.26. The first kappa shape index (κ1) is 18.9. The van der Waals surface area contributed by atoms with Gasteiger partial charge < -0.3 is 9.84 Å². The van der Waals surface area contributed by atoms with E-state index in [0.29, 0.717) is 5.56 Å². The summed E-state index contributed by atoms with van der Waals surface area (Å²) in [5, 5.41) is 9.39. The minimum Gasteiger partial charge on any atom is -0.480 e. The fourth-order valence-corrected chi connectivity index (χ4v) is 3.57. The van der Waals surface area contributed by atoms with Crippen molar-refractivity contribution in [2.24, 2.45) is 5.92 Å². The van der Waals surface area contributed by atoms with Crippen LogP contribution in [-0.2, 0) is 26.2 Å². The third-order valence-electron chi connectivity index (χ3n) is 2.86. The number of hydrogen-bond donors (Lipinski definition) is 2. The second-order valence-electron chi connectivity index (χ2n) is 5.37. The minimum atomic E-state index is -3.98. The molecule has 0 aliphatic rings. The Kier molecular flexibility index (Phi) is 6.80. The molecule has 22 heavy (non-hydrogen) atoms. The molecule has 0 radical (unpaired) electrons. The first-order valence-electron chi connectivity index (χ1n) is 6.69. The predicted octanol–water partition coefficient (Wildman–Crippen LogP) is 2.26. The number of halogens is 1. The van der Waals surface area contributed by atoms with Crippen molar-refractivity contribution in [3.63, 3.8) is 0 Å². The third-order valence-corrected chi connectivity index (χ3v) is 4.52. The molecule has 0 spiro atoms. The molecule has 1 aromatic carbocycles. The summed E-state index contributed by atoms with van der Waals surface area (Å²) < 4.78 is 31.9. The number of sulfonamides is 1. The summed E-state index contributed by atoms with van der Waals surface area (Å²) in [6.45, 7) is 3.85.